The van der Waals surface area contributed by atoms with Gasteiger partial charge in [0.1, 0.15) is 5.75 Å². The van der Waals surface area contributed by atoms with Gasteiger partial charge in [-0.25, -0.2) is 4.98 Å². The number of carbonyl (C=O) groups excluding carboxylic acids is 1. The van der Waals surface area contributed by atoms with E-state index in [4.69, 9.17) is 20.8 Å². The summed E-state index contributed by atoms with van der Waals surface area (Å²) in [6.45, 7) is 4.28. The first-order chi connectivity index (χ1) is 14.1. The minimum atomic E-state index is -0.269. The van der Waals surface area contributed by atoms with Crippen LogP contribution < -0.4 is 10.1 Å². The van der Waals surface area contributed by atoms with Gasteiger partial charge in [-0.15, -0.1) is 0 Å². The highest BCUT2D eigenvalue weighted by atomic mass is 35.5. The van der Waals surface area contributed by atoms with E-state index in [1.807, 2.05) is 38.1 Å². The first kappa shape index (κ1) is 19.0. The predicted molar refractivity (Wildman–Crippen MR) is 113 cm³/mol. The van der Waals surface area contributed by atoms with E-state index in [0.29, 0.717) is 45.8 Å². The van der Waals surface area contributed by atoms with E-state index in [2.05, 4.69) is 15.3 Å². The standard InChI is InChI=1S/C22H18ClN3O3/c1-3-28-18-10-9-14(12-16(18)23)21(27)25-17-7-4-6-15(13(17)2)22-26-20-19(29-22)8-5-11-24-20/h4-12H,3H2,1-2H3,(H,25,27). The van der Waals surface area contributed by atoms with Gasteiger partial charge in [-0.05, 0) is 61.9 Å². The molecule has 0 unspecified atom stereocenters. The minimum absolute atomic E-state index is 0.269. The first-order valence-electron chi connectivity index (χ1n) is 9.12. The summed E-state index contributed by atoms with van der Waals surface area (Å²) in [5.41, 5.74) is 3.87. The fourth-order valence-corrected chi connectivity index (χ4v) is 3.23. The second-order valence-electron chi connectivity index (χ2n) is 6.35. The van der Waals surface area contributed by atoms with Crippen molar-refractivity contribution in [2.45, 2.75) is 13.8 Å². The number of carbonyl (C=O) groups is 1. The highest BCUT2D eigenvalue weighted by molar-refractivity contribution is 6.32. The first-order valence-corrected chi connectivity index (χ1v) is 9.50. The molecule has 1 amide bonds. The summed E-state index contributed by atoms with van der Waals surface area (Å²) >= 11 is 6.20. The van der Waals surface area contributed by atoms with Gasteiger partial charge >= 0.3 is 0 Å². The molecule has 6 nitrogen and oxygen atoms in total. The lowest BCUT2D eigenvalue weighted by atomic mass is 10.1. The summed E-state index contributed by atoms with van der Waals surface area (Å²) in [4.78, 5) is 21.4. The van der Waals surface area contributed by atoms with Gasteiger partial charge in [-0.2, -0.15) is 4.98 Å². The van der Waals surface area contributed by atoms with Gasteiger partial charge in [0.25, 0.3) is 5.91 Å². The Kier molecular flexibility index (Phi) is 5.18. The van der Waals surface area contributed by atoms with E-state index < -0.39 is 0 Å². The smallest absolute Gasteiger partial charge is 0.255 e. The maximum Gasteiger partial charge on any atom is 0.255 e. The van der Waals surface area contributed by atoms with Crippen LogP contribution in [0.1, 0.15) is 22.8 Å². The molecule has 2 aromatic carbocycles. The van der Waals surface area contributed by atoms with Crippen molar-refractivity contribution in [1.82, 2.24) is 9.97 Å². The third-order valence-corrected chi connectivity index (χ3v) is 4.77. The fourth-order valence-electron chi connectivity index (χ4n) is 3.00. The number of benzene rings is 2. The zero-order valence-corrected chi connectivity index (χ0v) is 16.7. The van der Waals surface area contributed by atoms with Gasteiger partial charge in [0.05, 0.1) is 11.6 Å². The number of nitrogens with zero attached hydrogens (tertiary/aromatic N) is 2. The van der Waals surface area contributed by atoms with Crippen LogP contribution in [0.4, 0.5) is 5.69 Å². The number of aromatic nitrogens is 2. The third-order valence-electron chi connectivity index (χ3n) is 4.47. The van der Waals surface area contributed by atoms with Gasteiger partial charge in [0.2, 0.25) is 5.89 Å². The summed E-state index contributed by atoms with van der Waals surface area (Å²) in [6, 6.07) is 14.1. The number of nitrogens with one attached hydrogen (secondary N) is 1. The Morgan fingerprint density at radius 2 is 2.07 bits per heavy atom. The number of fused-ring (bicyclic) bond motifs is 1. The van der Waals surface area contributed by atoms with Crippen molar-refractivity contribution in [3.8, 4) is 17.2 Å². The van der Waals surface area contributed by atoms with Crippen LogP contribution >= 0.6 is 11.6 Å². The molecule has 146 valence electrons. The molecule has 2 heterocycles. The summed E-state index contributed by atoms with van der Waals surface area (Å²) in [5, 5.41) is 3.32. The number of hydrogen-bond acceptors (Lipinski definition) is 5. The monoisotopic (exact) mass is 407 g/mol. The normalized spacial score (nSPS) is 10.9. The molecule has 4 rings (SSSR count). The number of pyridine rings is 1. The molecule has 1 N–H and O–H groups in total. The van der Waals surface area contributed by atoms with Gasteiger partial charge in [0, 0.05) is 23.0 Å². The van der Waals surface area contributed by atoms with Crippen LogP contribution in [0, 0.1) is 6.92 Å². The van der Waals surface area contributed by atoms with E-state index in [1.165, 1.54) is 0 Å². The van der Waals surface area contributed by atoms with Crippen molar-refractivity contribution in [1.29, 1.82) is 0 Å². The number of amides is 1. The predicted octanol–water partition coefficient (Wildman–Crippen LogP) is 5.50. The third kappa shape index (κ3) is 3.79. The van der Waals surface area contributed by atoms with Gasteiger partial charge in [-0.3, -0.25) is 4.79 Å². The second kappa shape index (κ2) is 7.93. The van der Waals surface area contributed by atoms with Crippen LogP contribution in [-0.4, -0.2) is 22.5 Å². The molecular weight excluding hydrogens is 390 g/mol. The maximum absolute atomic E-state index is 12.7. The molecule has 4 aromatic rings. The number of halogens is 1. The van der Waals surface area contributed by atoms with Gasteiger partial charge < -0.3 is 14.5 Å². The number of ether oxygens (including phenoxy) is 1. The minimum Gasteiger partial charge on any atom is -0.492 e. The average molecular weight is 408 g/mol. The van der Waals surface area contributed by atoms with Crippen molar-refractivity contribution in [3.05, 3.63) is 70.9 Å². The quantitative estimate of drug-likeness (QED) is 0.472. The molecule has 0 fully saturated rings. The molecule has 2 aromatic heterocycles. The molecule has 29 heavy (non-hydrogen) atoms. The van der Waals surface area contributed by atoms with E-state index in [1.54, 1.807) is 30.5 Å². The van der Waals surface area contributed by atoms with Gasteiger partial charge in [-0.1, -0.05) is 17.7 Å². The summed E-state index contributed by atoms with van der Waals surface area (Å²) in [7, 11) is 0. The Morgan fingerprint density at radius 1 is 1.21 bits per heavy atom. The lowest BCUT2D eigenvalue weighted by Gasteiger charge is -2.12. The van der Waals surface area contributed by atoms with Crippen LogP contribution in [0.3, 0.4) is 0 Å². The highest BCUT2D eigenvalue weighted by Gasteiger charge is 2.16. The summed E-state index contributed by atoms with van der Waals surface area (Å²) < 4.78 is 11.2. The lowest BCUT2D eigenvalue weighted by molar-refractivity contribution is 0.102. The molecule has 0 bridgehead atoms. The molecule has 0 atom stereocenters. The molecule has 7 heteroatoms. The van der Waals surface area contributed by atoms with Crippen LogP contribution in [0.25, 0.3) is 22.7 Å². The number of anilines is 1. The fraction of sp³-hybridized carbons (Fsp3) is 0.136. The Hall–Kier alpha value is -3.38. The zero-order valence-electron chi connectivity index (χ0n) is 15.9. The molecule has 0 saturated heterocycles. The van der Waals surface area contributed by atoms with E-state index in [-0.39, 0.29) is 5.91 Å². The Balaban J connectivity index is 1.62. The van der Waals surface area contributed by atoms with Crippen molar-refractivity contribution >= 4 is 34.4 Å². The van der Waals surface area contributed by atoms with E-state index >= 15 is 0 Å². The Bertz CT molecular complexity index is 1170. The van der Waals surface area contributed by atoms with Crippen LogP contribution in [0.2, 0.25) is 5.02 Å². The highest BCUT2D eigenvalue weighted by Crippen LogP contribution is 2.31. The number of oxazole rings is 1. The number of hydrogen-bond donors (Lipinski definition) is 1. The van der Waals surface area contributed by atoms with Crippen molar-refractivity contribution in [2.24, 2.45) is 0 Å². The molecule has 0 aliphatic heterocycles. The Morgan fingerprint density at radius 3 is 2.83 bits per heavy atom. The Labute approximate surface area is 172 Å². The molecule has 0 spiro atoms. The zero-order chi connectivity index (χ0) is 20.4. The van der Waals surface area contributed by atoms with Crippen molar-refractivity contribution in [2.75, 3.05) is 11.9 Å². The van der Waals surface area contributed by atoms with E-state index in [9.17, 15) is 4.79 Å². The van der Waals surface area contributed by atoms with Crippen molar-refractivity contribution < 1.29 is 13.9 Å². The SMILES string of the molecule is CCOc1ccc(C(=O)Nc2cccc(-c3nc4ncccc4o3)c2C)cc1Cl. The average Bonchev–Trinajstić information content (AvgIpc) is 3.15. The topological polar surface area (TPSA) is 77.2 Å². The second-order valence-corrected chi connectivity index (χ2v) is 6.76. The summed E-state index contributed by atoms with van der Waals surface area (Å²) in [6.07, 6.45) is 1.67. The summed E-state index contributed by atoms with van der Waals surface area (Å²) in [5.74, 6) is 0.735. The molecule has 0 aliphatic rings. The lowest BCUT2D eigenvalue weighted by Crippen LogP contribution is -2.13. The van der Waals surface area contributed by atoms with Gasteiger partial charge in [0.15, 0.2) is 11.2 Å². The molecular formula is C22H18ClN3O3. The van der Waals surface area contributed by atoms with Crippen LogP contribution in [-0.2, 0) is 0 Å². The molecule has 0 aliphatic carbocycles. The largest absolute Gasteiger partial charge is 0.492 e. The van der Waals surface area contributed by atoms with Crippen molar-refractivity contribution in [3.63, 3.8) is 0 Å². The van der Waals surface area contributed by atoms with Crippen LogP contribution in [0.15, 0.2) is 59.1 Å². The van der Waals surface area contributed by atoms with Crippen LogP contribution in [0.5, 0.6) is 5.75 Å². The number of rotatable bonds is 5. The molecule has 0 radical (unpaired) electrons. The maximum atomic E-state index is 12.7. The molecule has 0 saturated carbocycles. The van der Waals surface area contributed by atoms with E-state index in [0.717, 1.165) is 11.1 Å².